The van der Waals surface area contributed by atoms with Gasteiger partial charge in [0.1, 0.15) is 36.8 Å². The summed E-state index contributed by atoms with van der Waals surface area (Å²) < 4.78 is 5.39. The minimum Gasteiger partial charge on any atom is -0.461 e. The first-order chi connectivity index (χ1) is 23.8. The van der Waals surface area contributed by atoms with Gasteiger partial charge >= 0.3 is 5.97 Å². The van der Waals surface area contributed by atoms with E-state index < -0.39 is 65.7 Å². The molecule has 1 aromatic heterocycles. The quantitative estimate of drug-likeness (QED) is 0.177. The number of nitrogens with one attached hydrogen (secondary N) is 6. The van der Waals surface area contributed by atoms with E-state index in [1.54, 1.807) is 20.0 Å². The van der Waals surface area contributed by atoms with E-state index in [1.165, 1.54) is 6.92 Å². The molecule has 1 aliphatic rings. The van der Waals surface area contributed by atoms with Gasteiger partial charge in [0.25, 0.3) is 0 Å². The molecule has 13 nitrogen and oxygen atoms in total. The third kappa shape index (κ3) is 10.4. The van der Waals surface area contributed by atoms with Gasteiger partial charge in [-0.3, -0.25) is 28.8 Å². The van der Waals surface area contributed by atoms with Crippen LogP contribution in [0.3, 0.4) is 0 Å². The van der Waals surface area contributed by atoms with Crippen LogP contribution in [0, 0.1) is 11.8 Å². The third-order valence-corrected chi connectivity index (χ3v) is 8.58. The number of amides is 5. The van der Waals surface area contributed by atoms with Crippen LogP contribution in [-0.2, 0) is 46.5 Å². The van der Waals surface area contributed by atoms with Crippen molar-refractivity contribution in [2.75, 3.05) is 0 Å². The Kier molecular flexibility index (Phi) is 13.1. The Morgan fingerprint density at radius 1 is 0.720 bits per heavy atom. The summed E-state index contributed by atoms with van der Waals surface area (Å²) >= 11 is 0. The van der Waals surface area contributed by atoms with E-state index in [1.807, 2.05) is 68.4 Å². The summed E-state index contributed by atoms with van der Waals surface area (Å²) in [7, 11) is 0. The number of fused-ring (bicyclic) bond motifs is 1. The van der Waals surface area contributed by atoms with Crippen molar-refractivity contribution in [3.05, 3.63) is 71.9 Å². The highest BCUT2D eigenvalue weighted by atomic mass is 16.5. The normalized spacial score (nSPS) is 22.5. The Balaban J connectivity index is 1.65. The molecule has 5 atom stereocenters. The molecule has 0 bridgehead atoms. The van der Waals surface area contributed by atoms with Crippen LogP contribution in [0.2, 0.25) is 0 Å². The molecule has 50 heavy (non-hydrogen) atoms. The van der Waals surface area contributed by atoms with Crippen LogP contribution in [0.4, 0.5) is 0 Å². The lowest BCUT2D eigenvalue weighted by atomic mass is 9.98. The lowest BCUT2D eigenvalue weighted by molar-refractivity contribution is -0.145. The molecule has 2 aromatic carbocycles. The number of hydrogen-bond donors (Lipinski definition) is 6. The summed E-state index contributed by atoms with van der Waals surface area (Å²) in [6.45, 7) is 8.82. The fourth-order valence-electron chi connectivity index (χ4n) is 5.77. The highest BCUT2D eigenvalue weighted by Crippen LogP contribution is 2.20. The van der Waals surface area contributed by atoms with Crippen molar-refractivity contribution in [3.63, 3.8) is 0 Å². The zero-order valence-electron chi connectivity index (χ0n) is 29.2. The monoisotopic (exact) mass is 688 g/mol. The maximum absolute atomic E-state index is 14.1. The summed E-state index contributed by atoms with van der Waals surface area (Å²) in [5.74, 6) is -4.11. The molecule has 3 aromatic rings. The van der Waals surface area contributed by atoms with Crippen LogP contribution < -0.4 is 26.6 Å². The molecule has 0 radical (unpaired) electrons. The van der Waals surface area contributed by atoms with Gasteiger partial charge < -0.3 is 36.3 Å². The number of H-pyrrole nitrogens is 1. The number of ether oxygens (including phenoxy) is 1. The molecule has 0 saturated carbocycles. The van der Waals surface area contributed by atoms with Crippen LogP contribution in [0.25, 0.3) is 10.9 Å². The van der Waals surface area contributed by atoms with E-state index in [-0.39, 0.29) is 44.1 Å². The molecule has 1 saturated heterocycles. The first-order valence-electron chi connectivity index (χ1n) is 17.1. The van der Waals surface area contributed by atoms with Crippen molar-refractivity contribution in [1.82, 2.24) is 31.6 Å². The van der Waals surface area contributed by atoms with Crippen molar-refractivity contribution in [2.45, 2.75) is 97.1 Å². The zero-order valence-corrected chi connectivity index (χ0v) is 29.2. The predicted molar refractivity (Wildman–Crippen MR) is 187 cm³/mol. The zero-order chi connectivity index (χ0) is 36.4. The predicted octanol–water partition coefficient (Wildman–Crippen LogP) is 2.39. The summed E-state index contributed by atoms with van der Waals surface area (Å²) in [4.78, 5) is 84.2. The molecule has 0 unspecified atom stereocenters. The van der Waals surface area contributed by atoms with Gasteiger partial charge in [-0.15, -0.1) is 0 Å². The minimum atomic E-state index is -1.26. The van der Waals surface area contributed by atoms with Crippen molar-refractivity contribution < 1.29 is 33.5 Å². The lowest BCUT2D eigenvalue weighted by Crippen LogP contribution is -2.59. The van der Waals surface area contributed by atoms with Gasteiger partial charge in [-0.2, -0.15) is 0 Å². The van der Waals surface area contributed by atoms with Gasteiger partial charge in [0.15, 0.2) is 0 Å². The molecule has 6 N–H and O–H groups in total. The molecular formula is C37H48N6O7. The fourth-order valence-corrected chi connectivity index (χ4v) is 5.77. The second-order valence-electron chi connectivity index (χ2n) is 13.5. The number of carbonyl (C=O) groups is 6. The van der Waals surface area contributed by atoms with Crippen LogP contribution in [0.5, 0.6) is 0 Å². The lowest BCUT2D eigenvalue weighted by Gasteiger charge is -2.27. The number of aromatic nitrogens is 1. The Labute approximate surface area is 292 Å². The Bertz CT molecular complexity index is 1670. The van der Waals surface area contributed by atoms with Crippen molar-refractivity contribution in [1.29, 1.82) is 0 Å². The number of hydrogen-bond acceptors (Lipinski definition) is 7. The van der Waals surface area contributed by atoms with Gasteiger partial charge in [0, 0.05) is 29.9 Å². The summed E-state index contributed by atoms with van der Waals surface area (Å²) in [5, 5.41) is 14.5. The van der Waals surface area contributed by atoms with E-state index in [0.717, 1.165) is 22.0 Å². The van der Waals surface area contributed by atoms with E-state index in [9.17, 15) is 28.8 Å². The minimum absolute atomic E-state index is 0.00557. The van der Waals surface area contributed by atoms with Crippen molar-refractivity contribution >= 4 is 46.4 Å². The molecule has 0 spiro atoms. The van der Waals surface area contributed by atoms with E-state index in [4.69, 9.17) is 4.74 Å². The number of esters is 1. The third-order valence-electron chi connectivity index (χ3n) is 8.58. The summed E-state index contributed by atoms with van der Waals surface area (Å²) in [6.07, 6.45) is 1.73. The number of carbonyl (C=O) groups excluding carboxylic acids is 6. The maximum atomic E-state index is 14.1. The molecule has 5 amide bonds. The topological polar surface area (TPSA) is 188 Å². The number of para-hydroxylation sites is 1. The molecule has 13 heteroatoms. The standard InChI is InChI=1S/C37H48N6O7/c1-21(2)17-29-35(47)41-30(18-25-19-38-27-14-10-9-13-26(25)27)36(48)40-28(15-16-31(44)50-20-24-11-7-6-8-12-24)34(46)39-23(5)33(45)43-32(22(3)4)37(49)42-29/h6-14,19,21-23,28-30,32,38H,15-18,20H2,1-5H3,(H,39,46)(H,40,48)(H,41,47)(H,42,49)(H,43,45)/t23-,28+,29-,30+,32+/m0/s1. The van der Waals surface area contributed by atoms with Crippen LogP contribution >= 0.6 is 0 Å². The molecular weight excluding hydrogens is 640 g/mol. The van der Waals surface area contributed by atoms with Gasteiger partial charge in [0.2, 0.25) is 29.5 Å². The van der Waals surface area contributed by atoms with Gasteiger partial charge in [0.05, 0.1) is 0 Å². The Morgan fingerprint density at radius 3 is 2.04 bits per heavy atom. The van der Waals surface area contributed by atoms with Gasteiger partial charge in [-0.05, 0) is 48.8 Å². The molecule has 0 aliphatic carbocycles. The van der Waals surface area contributed by atoms with Gasteiger partial charge in [-0.1, -0.05) is 76.2 Å². The molecule has 4 rings (SSSR count). The van der Waals surface area contributed by atoms with E-state index >= 15 is 0 Å². The van der Waals surface area contributed by atoms with Crippen molar-refractivity contribution in [3.8, 4) is 0 Å². The Hall–Kier alpha value is -5.20. The smallest absolute Gasteiger partial charge is 0.306 e. The number of benzene rings is 2. The maximum Gasteiger partial charge on any atom is 0.306 e. The largest absolute Gasteiger partial charge is 0.461 e. The highest BCUT2D eigenvalue weighted by molar-refractivity contribution is 5.98. The van der Waals surface area contributed by atoms with Crippen LogP contribution in [0.1, 0.15) is 65.0 Å². The van der Waals surface area contributed by atoms with Crippen LogP contribution in [-0.4, -0.2) is 70.7 Å². The average molecular weight is 689 g/mol. The fraction of sp³-hybridized carbons (Fsp3) is 0.459. The summed E-state index contributed by atoms with van der Waals surface area (Å²) in [6, 6.07) is 11.1. The van der Waals surface area contributed by atoms with E-state index in [2.05, 4.69) is 31.6 Å². The second kappa shape index (κ2) is 17.5. The SMILES string of the molecule is CC(C)C[C@@H]1NC(=O)[C@@H](C(C)C)NC(=O)[C@H](C)NC(=O)[C@@H](CCC(=O)OCc2ccccc2)NC(=O)[C@@H](Cc2c[nH]c3ccccc23)NC1=O. The second-order valence-corrected chi connectivity index (χ2v) is 13.5. The molecule has 1 fully saturated rings. The number of aromatic amines is 1. The molecule has 2 heterocycles. The summed E-state index contributed by atoms with van der Waals surface area (Å²) in [5.41, 5.74) is 2.38. The van der Waals surface area contributed by atoms with Gasteiger partial charge in [-0.25, -0.2) is 0 Å². The average Bonchev–Trinajstić information content (AvgIpc) is 3.49. The first-order valence-corrected chi connectivity index (χ1v) is 17.1. The molecule has 268 valence electrons. The number of rotatable bonds is 10. The first kappa shape index (κ1) is 37.6. The van der Waals surface area contributed by atoms with E-state index in [0.29, 0.717) is 0 Å². The molecule has 1 aliphatic heterocycles. The van der Waals surface area contributed by atoms with Crippen molar-refractivity contribution in [2.24, 2.45) is 11.8 Å². The van der Waals surface area contributed by atoms with Crippen LogP contribution in [0.15, 0.2) is 60.8 Å². The highest BCUT2D eigenvalue weighted by Gasteiger charge is 2.35. The Morgan fingerprint density at radius 2 is 1.34 bits per heavy atom.